The SMILES string of the molecule is CCn1c(CC(C)(C)C)nc2ccccc21. The molecule has 0 unspecified atom stereocenters. The summed E-state index contributed by atoms with van der Waals surface area (Å²) in [6.07, 6.45) is 1.02. The predicted molar refractivity (Wildman–Crippen MR) is 68.6 cm³/mol. The fourth-order valence-electron chi connectivity index (χ4n) is 2.09. The van der Waals surface area contributed by atoms with Crippen LogP contribution in [0.3, 0.4) is 0 Å². The second-order valence-corrected chi connectivity index (χ2v) is 5.50. The molecule has 16 heavy (non-hydrogen) atoms. The Morgan fingerprint density at radius 1 is 1.19 bits per heavy atom. The summed E-state index contributed by atoms with van der Waals surface area (Å²) in [5, 5.41) is 0. The van der Waals surface area contributed by atoms with Crippen molar-refractivity contribution in [1.29, 1.82) is 0 Å². The van der Waals surface area contributed by atoms with Crippen LogP contribution in [-0.4, -0.2) is 9.55 Å². The number of hydrogen-bond donors (Lipinski definition) is 0. The third-order valence-electron chi connectivity index (χ3n) is 2.74. The summed E-state index contributed by atoms with van der Waals surface area (Å²) >= 11 is 0. The number of benzene rings is 1. The predicted octanol–water partition coefficient (Wildman–Crippen LogP) is 3.64. The van der Waals surface area contributed by atoms with Crippen LogP contribution in [0.2, 0.25) is 0 Å². The summed E-state index contributed by atoms with van der Waals surface area (Å²) in [4.78, 5) is 4.73. The number of aromatic nitrogens is 2. The molecule has 86 valence electrons. The Morgan fingerprint density at radius 3 is 2.50 bits per heavy atom. The molecule has 0 aliphatic rings. The number of fused-ring (bicyclic) bond motifs is 1. The molecule has 0 bridgehead atoms. The highest BCUT2D eigenvalue weighted by Crippen LogP contribution is 2.23. The number of hydrogen-bond acceptors (Lipinski definition) is 1. The highest BCUT2D eigenvalue weighted by atomic mass is 15.1. The molecule has 0 amide bonds. The standard InChI is InChI=1S/C14H20N2/c1-5-16-12-9-7-6-8-11(12)15-13(16)10-14(2,3)4/h6-9H,5,10H2,1-4H3. The van der Waals surface area contributed by atoms with Gasteiger partial charge in [0, 0.05) is 13.0 Å². The topological polar surface area (TPSA) is 17.8 Å². The van der Waals surface area contributed by atoms with Gasteiger partial charge in [0.25, 0.3) is 0 Å². The number of para-hydroxylation sites is 2. The maximum absolute atomic E-state index is 4.73. The second-order valence-electron chi connectivity index (χ2n) is 5.50. The minimum atomic E-state index is 0.286. The van der Waals surface area contributed by atoms with Gasteiger partial charge < -0.3 is 4.57 Å². The van der Waals surface area contributed by atoms with E-state index in [1.165, 1.54) is 11.3 Å². The van der Waals surface area contributed by atoms with Crippen LogP contribution >= 0.6 is 0 Å². The lowest BCUT2D eigenvalue weighted by Crippen LogP contribution is -2.14. The van der Waals surface area contributed by atoms with Gasteiger partial charge in [-0.05, 0) is 24.5 Å². The van der Waals surface area contributed by atoms with Gasteiger partial charge in [-0.3, -0.25) is 0 Å². The van der Waals surface area contributed by atoms with E-state index in [0.29, 0.717) is 0 Å². The van der Waals surface area contributed by atoms with E-state index in [1.54, 1.807) is 0 Å². The number of rotatable bonds is 2. The lowest BCUT2D eigenvalue weighted by molar-refractivity contribution is 0.394. The Labute approximate surface area is 97.3 Å². The highest BCUT2D eigenvalue weighted by molar-refractivity contribution is 5.75. The van der Waals surface area contributed by atoms with Gasteiger partial charge in [0.05, 0.1) is 11.0 Å². The molecule has 1 heterocycles. The molecule has 2 rings (SSSR count). The van der Waals surface area contributed by atoms with Crippen molar-refractivity contribution < 1.29 is 0 Å². The van der Waals surface area contributed by atoms with Gasteiger partial charge in [0.15, 0.2) is 0 Å². The summed E-state index contributed by atoms with van der Waals surface area (Å²) in [6.45, 7) is 9.94. The average Bonchev–Trinajstić information content (AvgIpc) is 2.51. The monoisotopic (exact) mass is 216 g/mol. The summed E-state index contributed by atoms with van der Waals surface area (Å²) in [5.74, 6) is 1.20. The van der Waals surface area contributed by atoms with Crippen molar-refractivity contribution in [2.75, 3.05) is 0 Å². The largest absolute Gasteiger partial charge is 0.328 e. The van der Waals surface area contributed by atoms with E-state index in [-0.39, 0.29) is 5.41 Å². The summed E-state index contributed by atoms with van der Waals surface area (Å²) in [5.41, 5.74) is 2.65. The van der Waals surface area contributed by atoms with Crippen molar-refractivity contribution in [3.8, 4) is 0 Å². The Balaban J connectivity index is 2.52. The lowest BCUT2D eigenvalue weighted by atomic mass is 9.92. The van der Waals surface area contributed by atoms with Gasteiger partial charge >= 0.3 is 0 Å². The molecule has 2 nitrogen and oxygen atoms in total. The van der Waals surface area contributed by atoms with Crippen molar-refractivity contribution in [2.24, 2.45) is 5.41 Å². The van der Waals surface area contributed by atoms with Crippen LogP contribution in [0.25, 0.3) is 11.0 Å². The third kappa shape index (κ3) is 2.11. The van der Waals surface area contributed by atoms with Crippen LogP contribution in [0, 0.1) is 5.41 Å². The first-order valence-electron chi connectivity index (χ1n) is 5.95. The zero-order valence-electron chi connectivity index (χ0n) is 10.6. The van der Waals surface area contributed by atoms with Crippen LogP contribution in [0.5, 0.6) is 0 Å². The first kappa shape index (κ1) is 11.2. The van der Waals surface area contributed by atoms with Gasteiger partial charge in [0.2, 0.25) is 0 Å². The molecule has 0 spiro atoms. The fourth-order valence-corrected chi connectivity index (χ4v) is 2.09. The molecule has 1 aromatic carbocycles. The number of aryl methyl sites for hydroxylation is 1. The first-order valence-corrected chi connectivity index (χ1v) is 5.95. The molecule has 2 aromatic rings. The molecule has 0 saturated carbocycles. The minimum Gasteiger partial charge on any atom is -0.328 e. The third-order valence-corrected chi connectivity index (χ3v) is 2.74. The molecule has 2 heteroatoms. The molecular weight excluding hydrogens is 196 g/mol. The van der Waals surface area contributed by atoms with Crippen LogP contribution in [0.1, 0.15) is 33.5 Å². The smallest absolute Gasteiger partial charge is 0.110 e. The van der Waals surface area contributed by atoms with Crippen LogP contribution in [0.4, 0.5) is 0 Å². The zero-order valence-corrected chi connectivity index (χ0v) is 10.6. The van der Waals surface area contributed by atoms with Crippen molar-refractivity contribution in [3.63, 3.8) is 0 Å². The van der Waals surface area contributed by atoms with E-state index in [0.717, 1.165) is 18.5 Å². The Kier molecular flexibility index (Phi) is 2.75. The Morgan fingerprint density at radius 2 is 1.88 bits per heavy atom. The maximum atomic E-state index is 4.73. The fraction of sp³-hybridized carbons (Fsp3) is 0.500. The van der Waals surface area contributed by atoms with Crippen LogP contribution in [0.15, 0.2) is 24.3 Å². The van der Waals surface area contributed by atoms with E-state index in [9.17, 15) is 0 Å². The molecule has 0 N–H and O–H groups in total. The molecular formula is C14H20N2. The maximum Gasteiger partial charge on any atom is 0.110 e. The molecule has 0 aliphatic heterocycles. The van der Waals surface area contributed by atoms with Crippen molar-refractivity contribution >= 4 is 11.0 Å². The van der Waals surface area contributed by atoms with Gasteiger partial charge in [-0.1, -0.05) is 32.9 Å². The van der Waals surface area contributed by atoms with Gasteiger partial charge in [-0.25, -0.2) is 4.98 Å². The van der Waals surface area contributed by atoms with E-state index >= 15 is 0 Å². The molecule has 1 aromatic heterocycles. The van der Waals surface area contributed by atoms with E-state index < -0.39 is 0 Å². The van der Waals surface area contributed by atoms with E-state index in [4.69, 9.17) is 4.98 Å². The first-order chi connectivity index (χ1) is 7.51. The van der Waals surface area contributed by atoms with E-state index in [2.05, 4.69) is 56.5 Å². The van der Waals surface area contributed by atoms with Crippen molar-refractivity contribution in [2.45, 2.75) is 40.7 Å². The lowest BCUT2D eigenvalue weighted by Gasteiger charge is -2.18. The van der Waals surface area contributed by atoms with Crippen molar-refractivity contribution in [3.05, 3.63) is 30.1 Å². The molecule has 0 radical (unpaired) electrons. The van der Waals surface area contributed by atoms with E-state index in [1.807, 2.05) is 0 Å². The van der Waals surface area contributed by atoms with Gasteiger partial charge in [0.1, 0.15) is 5.82 Å². The summed E-state index contributed by atoms with van der Waals surface area (Å²) < 4.78 is 2.32. The summed E-state index contributed by atoms with van der Waals surface area (Å²) in [7, 11) is 0. The summed E-state index contributed by atoms with van der Waals surface area (Å²) in [6, 6.07) is 8.37. The molecule has 0 aliphatic carbocycles. The number of nitrogens with zero attached hydrogens (tertiary/aromatic N) is 2. The normalized spacial score (nSPS) is 12.2. The number of imidazole rings is 1. The Hall–Kier alpha value is -1.31. The van der Waals surface area contributed by atoms with Crippen LogP contribution in [-0.2, 0) is 13.0 Å². The van der Waals surface area contributed by atoms with Crippen molar-refractivity contribution in [1.82, 2.24) is 9.55 Å². The van der Waals surface area contributed by atoms with Crippen LogP contribution < -0.4 is 0 Å². The molecule has 0 fully saturated rings. The minimum absolute atomic E-state index is 0.286. The molecule has 0 saturated heterocycles. The van der Waals surface area contributed by atoms with Gasteiger partial charge in [-0.2, -0.15) is 0 Å². The highest BCUT2D eigenvalue weighted by Gasteiger charge is 2.17. The molecule has 0 atom stereocenters. The second kappa shape index (κ2) is 3.93. The Bertz CT molecular complexity index is 489. The average molecular weight is 216 g/mol. The quantitative estimate of drug-likeness (QED) is 0.749. The zero-order chi connectivity index (χ0) is 11.8. The van der Waals surface area contributed by atoms with Gasteiger partial charge in [-0.15, -0.1) is 0 Å².